The number of nitrogens with two attached hydrogens (primary N) is 1. The van der Waals surface area contributed by atoms with Gasteiger partial charge >= 0.3 is 0 Å². The van der Waals surface area contributed by atoms with E-state index in [1.165, 1.54) is 70.5 Å². The molecule has 0 fully saturated rings. The van der Waals surface area contributed by atoms with Crippen LogP contribution in [-0.2, 0) is 9.59 Å². The van der Waals surface area contributed by atoms with Crippen molar-refractivity contribution in [2.45, 2.75) is 8.68 Å². The van der Waals surface area contributed by atoms with Gasteiger partial charge in [-0.25, -0.2) is 14.4 Å². The van der Waals surface area contributed by atoms with Gasteiger partial charge in [0.2, 0.25) is 11.8 Å². The Morgan fingerprint density at radius 3 is 1.94 bits per heavy atom. The van der Waals surface area contributed by atoms with Gasteiger partial charge in [0, 0.05) is 17.1 Å². The van der Waals surface area contributed by atoms with Crippen LogP contribution in [-0.4, -0.2) is 33.3 Å². The van der Waals surface area contributed by atoms with Gasteiger partial charge in [-0.3, -0.25) is 9.59 Å². The summed E-state index contributed by atoms with van der Waals surface area (Å²) < 4.78 is 16.5. The normalized spacial score (nSPS) is 11.1. The van der Waals surface area contributed by atoms with Gasteiger partial charge in [0.25, 0.3) is 0 Å². The highest BCUT2D eigenvalue weighted by Gasteiger charge is 2.12. The lowest BCUT2D eigenvalue weighted by Crippen LogP contribution is -2.13. The highest BCUT2D eigenvalue weighted by Crippen LogP contribution is 2.32. The minimum Gasteiger partial charge on any atom is -0.399 e. The molecule has 5 rings (SSSR count). The fourth-order valence-corrected chi connectivity index (χ4v) is 7.03. The number of thiazole rings is 2. The fraction of sp³-hybridized carbons (Fsp3) is 0.0833. The number of halogens is 1. The van der Waals surface area contributed by atoms with Crippen molar-refractivity contribution < 1.29 is 14.0 Å². The Bertz CT molecular complexity index is 1570. The molecule has 4 N–H and O–H groups in total. The fourth-order valence-electron chi connectivity index (χ4n) is 3.21. The standard InChI is InChI=1S/C24H18FN5O2S4/c25-13-1-4-15(5-2-13)27-21(31)11-33-24-30-18-8-6-16(10-20(18)36-24)28-22(32)12-34-23-29-17-7-3-14(26)9-19(17)35-23/h1-10H,11-12,26H2,(H,27,31)(H,28,32). The summed E-state index contributed by atoms with van der Waals surface area (Å²) in [6.45, 7) is 0. The molecule has 5 aromatic rings. The van der Waals surface area contributed by atoms with Crippen LogP contribution in [0.5, 0.6) is 0 Å². The van der Waals surface area contributed by atoms with Gasteiger partial charge in [0.15, 0.2) is 8.68 Å². The molecular weight excluding hydrogens is 538 g/mol. The zero-order valence-electron chi connectivity index (χ0n) is 18.5. The summed E-state index contributed by atoms with van der Waals surface area (Å²) in [6.07, 6.45) is 0. The van der Waals surface area contributed by atoms with E-state index in [1.807, 2.05) is 30.3 Å². The zero-order valence-corrected chi connectivity index (χ0v) is 21.8. The molecule has 12 heteroatoms. The number of carbonyl (C=O) groups is 2. The molecular formula is C24H18FN5O2S4. The highest BCUT2D eigenvalue weighted by atomic mass is 32.2. The molecule has 2 heterocycles. The third kappa shape index (κ3) is 6.13. The number of hydrogen-bond donors (Lipinski definition) is 3. The van der Waals surface area contributed by atoms with Crippen molar-refractivity contribution in [1.82, 2.24) is 9.97 Å². The van der Waals surface area contributed by atoms with Crippen LogP contribution in [0, 0.1) is 5.82 Å². The molecule has 36 heavy (non-hydrogen) atoms. The van der Waals surface area contributed by atoms with Gasteiger partial charge < -0.3 is 16.4 Å². The smallest absolute Gasteiger partial charge is 0.234 e. The molecule has 0 aliphatic carbocycles. The summed E-state index contributed by atoms with van der Waals surface area (Å²) in [5.41, 5.74) is 9.39. The number of nitrogens with one attached hydrogen (secondary N) is 2. The average Bonchev–Trinajstić information content (AvgIpc) is 3.45. The number of nitrogens with zero attached hydrogens (tertiary/aromatic N) is 2. The maximum Gasteiger partial charge on any atom is 0.234 e. The van der Waals surface area contributed by atoms with E-state index in [0.717, 1.165) is 29.1 Å². The Morgan fingerprint density at radius 1 is 0.778 bits per heavy atom. The number of hydrogen-bond acceptors (Lipinski definition) is 9. The molecule has 0 saturated heterocycles. The number of thioether (sulfide) groups is 2. The topological polar surface area (TPSA) is 110 Å². The van der Waals surface area contributed by atoms with Crippen molar-refractivity contribution in [1.29, 1.82) is 0 Å². The van der Waals surface area contributed by atoms with Gasteiger partial charge in [-0.15, -0.1) is 22.7 Å². The van der Waals surface area contributed by atoms with Crippen LogP contribution in [0.2, 0.25) is 0 Å². The SMILES string of the molecule is Nc1ccc2nc(SCC(=O)Nc3ccc4nc(SCC(=O)Nc5ccc(F)cc5)sc4c3)sc2c1. The van der Waals surface area contributed by atoms with Gasteiger partial charge in [-0.05, 0) is 60.7 Å². The summed E-state index contributed by atoms with van der Waals surface area (Å²) in [5.74, 6) is -0.274. The zero-order chi connectivity index (χ0) is 25.1. The number of nitrogen functional groups attached to an aromatic ring is 1. The van der Waals surface area contributed by atoms with E-state index in [0.29, 0.717) is 17.1 Å². The average molecular weight is 556 g/mol. The second-order valence-electron chi connectivity index (χ2n) is 7.55. The van der Waals surface area contributed by atoms with E-state index >= 15 is 0 Å². The van der Waals surface area contributed by atoms with Crippen LogP contribution in [0.25, 0.3) is 20.4 Å². The summed E-state index contributed by atoms with van der Waals surface area (Å²) in [4.78, 5) is 33.7. The van der Waals surface area contributed by atoms with Crippen LogP contribution in [0.3, 0.4) is 0 Å². The Morgan fingerprint density at radius 2 is 1.31 bits per heavy atom. The molecule has 0 aliphatic heterocycles. The maximum absolute atomic E-state index is 13.0. The lowest BCUT2D eigenvalue weighted by molar-refractivity contribution is -0.114. The van der Waals surface area contributed by atoms with E-state index in [9.17, 15) is 14.0 Å². The van der Waals surface area contributed by atoms with Crippen molar-refractivity contribution in [3.8, 4) is 0 Å². The molecule has 0 saturated carbocycles. The van der Waals surface area contributed by atoms with Crippen LogP contribution >= 0.6 is 46.2 Å². The van der Waals surface area contributed by atoms with E-state index in [1.54, 1.807) is 6.07 Å². The first-order chi connectivity index (χ1) is 17.4. The molecule has 182 valence electrons. The van der Waals surface area contributed by atoms with Crippen molar-refractivity contribution >= 4 is 95.5 Å². The first-order valence-electron chi connectivity index (χ1n) is 10.6. The first kappa shape index (κ1) is 24.5. The summed E-state index contributed by atoms with van der Waals surface area (Å²) in [5, 5.41) is 5.65. The predicted octanol–water partition coefficient (Wildman–Crippen LogP) is 6.09. The molecule has 0 bridgehead atoms. The van der Waals surface area contributed by atoms with Gasteiger partial charge in [0.05, 0.1) is 31.9 Å². The maximum atomic E-state index is 13.0. The van der Waals surface area contributed by atoms with Crippen LogP contribution < -0.4 is 16.4 Å². The van der Waals surface area contributed by atoms with E-state index in [2.05, 4.69) is 20.6 Å². The van der Waals surface area contributed by atoms with Crippen LogP contribution in [0.15, 0.2) is 69.3 Å². The van der Waals surface area contributed by atoms with Gasteiger partial charge in [0.1, 0.15) is 5.82 Å². The Hall–Kier alpha value is -3.19. The van der Waals surface area contributed by atoms with E-state index in [4.69, 9.17) is 5.73 Å². The molecule has 7 nitrogen and oxygen atoms in total. The number of rotatable bonds is 8. The van der Waals surface area contributed by atoms with Crippen molar-refractivity contribution in [2.24, 2.45) is 0 Å². The quantitative estimate of drug-likeness (QED) is 0.157. The van der Waals surface area contributed by atoms with Crippen LogP contribution in [0.1, 0.15) is 0 Å². The number of aromatic nitrogens is 2. The molecule has 0 spiro atoms. The van der Waals surface area contributed by atoms with Gasteiger partial charge in [-0.2, -0.15) is 0 Å². The molecule has 0 radical (unpaired) electrons. The number of amides is 2. The third-order valence-electron chi connectivity index (χ3n) is 4.83. The molecule has 0 unspecified atom stereocenters. The minimum absolute atomic E-state index is 0.130. The summed E-state index contributed by atoms with van der Waals surface area (Å²) in [7, 11) is 0. The molecule has 2 aromatic heterocycles. The van der Waals surface area contributed by atoms with E-state index < -0.39 is 0 Å². The first-order valence-corrected chi connectivity index (χ1v) is 14.2. The molecule has 0 aliphatic rings. The minimum atomic E-state index is -0.356. The highest BCUT2D eigenvalue weighted by molar-refractivity contribution is 8.02. The Balaban J connectivity index is 1.14. The number of benzene rings is 3. The summed E-state index contributed by atoms with van der Waals surface area (Å²) >= 11 is 5.67. The lowest BCUT2D eigenvalue weighted by atomic mass is 10.3. The Labute approximate surface area is 221 Å². The third-order valence-corrected chi connectivity index (χ3v) is 9.15. The van der Waals surface area contributed by atoms with Gasteiger partial charge in [-0.1, -0.05) is 23.5 Å². The number of anilines is 3. The van der Waals surface area contributed by atoms with E-state index in [-0.39, 0.29) is 29.1 Å². The number of carbonyl (C=O) groups excluding carboxylic acids is 2. The Kier molecular flexibility index (Phi) is 7.37. The largest absolute Gasteiger partial charge is 0.399 e. The lowest BCUT2D eigenvalue weighted by Gasteiger charge is -2.04. The second-order valence-corrected chi connectivity index (χ2v) is 12.1. The van der Waals surface area contributed by atoms with Crippen molar-refractivity contribution in [3.05, 3.63) is 66.5 Å². The van der Waals surface area contributed by atoms with Crippen molar-refractivity contribution in [2.75, 3.05) is 27.9 Å². The van der Waals surface area contributed by atoms with Crippen molar-refractivity contribution in [3.63, 3.8) is 0 Å². The molecule has 2 amide bonds. The molecule has 3 aromatic carbocycles. The molecule has 0 atom stereocenters. The summed E-state index contributed by atoms with van der Waals surface area (Å²) in [6, 6.07) is 16.7. The predicted molar refractivity (Wildman–Crippen MR) is 149 cm³/mol. The second kappa shape index (κ2) is 10.8. The van der Waals surface area contributed by atoms with Crippen LogP contribution in [0.4, 0.5) is 21.5 Å². The number of fused-ring (bicyclic) bond motifs is 2. The monoisotopic (exact) mass is 555 g/mol.